The molecule has 1 saturated carbocycles. The summed E-state index contributed by atoms with van der Waals surface area (Å²) < 4.78 is 0. The molecule has 1 heterocycles. The minimum absolute atomic E-state index is 0.0699. The number of hydrogen-bond donors (Lipinski definition) is 2. The average Bonchev–Trinajstić information content (AvgIpc) is 3.14. The lowest BCUT2D eigenvalue weighted by Gasteiger charge is -2.32. The van der Waals surface area contributed by atoms with Crippen LogP contribution < -0.4 is 10.6 Å². The Hall–Kier alpha value is -1.20. The second-order valence-corrected chi connectivity index (χ2v) is 6.17. The summed E-state index contributed by atoms with van der Waals surface area (Å²) in [5.41, 5.74) is 7.30. The van der Waals surface area contributed by atoms with Crippen LogP contribution >= 0.6 is 11.8 Å². The van der Waals surface area contributed by atoms with Crippen LogP contribution in [-0.2, 0) is 4.79 Å². The summed E-state index contributed by atoms with van der Waals surface area (Å²) in [7, 11) is 0. The molecule has 0 saturated heterocycles. The van der Waals surface area contributed by atoms with E-state index in [1.807, 2.05) is 18.2 Å². The van der Waals surface area contributed by atoms with Crippen LogP contribution in [0.5, 0.6) is 0 Å². The highest BCUT2D eigenvalue weighted by atomic mass is 32.2. The van der Waals surface area contributed by atoms with Crippen molar-refractivity contribution in [3.8, 4) is 0 Å². The van der Waals surface area contributed by atoms with Gasteiger partial charge in [-0.3, -0.25) is 4.79 Å². The number of aliphatic hydroxyl groups is 1. The van der Waals surface area contributed by atoms with Crippen LogP contribution in [0.3, 0.4) is 0 Å². The van der Waals surface area contributed by atoms with E-state index in [-0.39, 0.29) is 17.9 Å². The van der Waals surface area contributed by atoms with Crippen molar-refractivity contribution in [2.24, 2.45) is 5.41 Å². The SMILES string of the molecule is Nc1ccc2c(c1)N(CC1(CO)CC1)C(=O)CS2. The largest absolute Gasteiger partial charge is 0.399 e. The van der Waals surface area contributed by atoms with Crippen molar-refractivity contribution in [2.45, 2.75) is 17.7 Å². The van der Waals surface area contributed by atoms with Gasteiger partial charge in [-0.05, 0) is 31.0 Å². The van der Waals surface area contributed by atoms with Crippen LogP contribution in [0, 0.1) is 5.41 Å². The Morgan fingerprint density at radius 1 is 1.44 bits per heavy atom. The van der Waals surface area contributed by atoms with Crippen molar-refractivity contribution in [3.05, 3.63) is 18.2 Å². The van der Waals surface area contributed by atoms with E-state index in [9.17, 15) is 9.90 Å². The van der Waals surface area contributed by atoms with Gasteiger partial charge in [-0.1, -0.05) is 0 Å². The molecule has 4 nitrogen and oxygen atoms in total. The zero-order valence-corrected chi connectivity index (χ0v) is 10.9. The first-order valence-corrected chi connectivity index (χ1v) is 7.06. The fourth-order valence-corrected chi connectivity index (χ4v) is 3.19. The summed E-state index contributed by atoms with van der Waals surface area (Å²) in [5.74, 6) is 0.580. The summed E-state index contributed by atoms with van der Waals surface area (Å²) in [4.78, 5) is 15.0. The Morgan fingerprint density at radius 3 is 2.89 bits per heavy atom. The van der Waals surface area contributed by atoms with Gasteiger partial charge in [-0.2, -0.15) is 0 Å². The van der Waals surface area contributed by atoms with Crippen molar-refractivity contribution < 1.29 is 9.90 Å². The smallest absolute Gasteiger partial charge is 0.237 e. The lowest BCUT2D eigenvalue weighted by molar-refractivity contribution is -0.116. The molecule has 1 aliphatic heterocycles. The van der Waals surface area contributed by atoms with Gasteiger partial charge in [0.15, 0.2) is 0 Å². The van der Waals surface area contributed by atoms with Gasteiger partial charge < -0.3 is 15.7 Å². The van der Waals surface area contributed by atoms with Gasteiger partial charge in [0.25, 0.3) is 0 Å². The molecule has 96 valence electrons. The molecule has 0 spiro atoms. The molecule has 0 atom stereocenters. The number of thioether (sulfide) groups is 1. The van der Waals surface area contributed by atoms with Gasteiger partial charge in [0.2, 0.25) is 5.91 Å². The van der Waals surface area contributed by atoms with Crippen molar-refractivity contribution in [3.63, 3.8) is 0 Å². The highest BCUT2D eigenvalue weighted by Crippen LogP contribution is 2.48. The molecule has 0 radical (unpaired) electrons. The third-order valence-corrected chi connectivity index (χ3v) is 4.76. The Bertz CT molecular complexity index is 500. The third kappa shape index (κ3) is 1.97. The lowest BCUT2D eigenvalue weighted by Crippen LogP contribution is -2.40. The van der Waals surface area contributed by atoms with Crippen LogP contribution in [0.25, 0.3) is 0 Å². The van der Waals surface area contributed by atoms with Gasteiger partial charge in [0.05, 0.1) is 18.0 Å². The molecule has 0 unspecified atom stereocenters. The van der Waals surface area contributed by atoms with E-state index in [0.29, 0.717) is 18.0 Å². The Balaban J connectivity index is 1.93. The summed E-state index contributed by atoms with van der Waals surface area (Å²) in [6.45, 7) is 0.765. The molecule has 3 rings (SSSR count). The molecule has 0 aromatic heterocycles. The Morgan fingerprint density at radius 2 is 2.22 bits per heavy atom. The maximum atomic E-state index is 12.1. The topological polar surface area (TPSA) is 66.6 Å². The number of amides is 1. The predicted molar refractivity (Wildman–Crippen MR) is 72.7 cm³/mol. The quantitative estimate of drug-likeness (QED) is 0.812. The van der Waals surface area contributed by atoms with Crippen molar-refractivity contribution in [2.75, 3.05) is 29.5 Å². The van der Waals surface area contributed by atoms with Gasteiger partial charge in [-0.25, -0.2) is 0 Å². The molecular weight excluding hydrogens is 248 g/mol. The summed E-state index contributed by atoms with van der Waals surface area (Å²) in [6, 6.07) is 5.68. The first-order chi connectivity index (χ1) is 8.63. The van der Waals surface area contributed by atoms with Crippen LogP contribution in [0.1, 0.15) is 12.8 Å². The van der Waals surface area contributed by atoms with Crippen LogP contribution in [0.4, 0.5) is 11.4 Å². The number of nitrogen functional groups attached to an aromatic ring is 1. The molecule has 0 bridgehead atoms. The van der Waals surface area contributed by atoms with Crippen LogP contribution in [0.15, 0.2) is 23.1 Å². The normalized spacial score (nSPS) is 20.7. The minimum Gasteiger partial charge on any atom is -0.399 e. The number of hydrogen-bond acceptors (Lipinski definition) is 4. The predicted octanol–water partition coefficient (Wildman–Crippen LogP) is 1.48. The molecule has 1 aromatic carbocycles. The highest BCUT2D eigenvalue weighted by Gasteiger charge is 2.45. The number of rotatable bonds is 3. The number of fused-ring (bicyclic) bond motifs is 1. The zero-order valence-electron chi connectivity index (χ0n) is 10.1. The molecular formula is C13H16N2O2S. The van der Waals surface area contributed by atoms with Gasteiger partial charge in [-0.15, -0.1) is 11.8 Å². The van der Waals surface area contributed by atoms with E-state index < -0.39 is 0 Å². The molecule has 1 amide bonds. The summed E-state index contributed by atoms with van der Waals surface area (Å²) in [5, 5.41) is 9.41. The van der Waals surface area contributed by atoms with Crippen molar-refractivity contribution in [1.29, 1.82) is 0 Å². The van der Waals surface area contributed by atoms with E-state index in [1.54, 1.807) is 16.7 Å². The van der Waals surface area contributed by atoms with E-state index in [2.05, 4.69) is 0 Å². The second kappa shape index (κ2) is 4.17. The number of carbonyl (C=O) groups excluding carboxylic acids is 1. The summed E-state index contributed by atoms with van der Waals surface area (Å²) >= 11 is 1.55. The molecule has 1 aliphatic carbocycles. The number of aliphatic hydroxyl groups excluding tert-OH is 1. The zero-order chi connectivity index (χ0) is 12.8. The number of nitrogens with two attached hydrogens (primary N) is 1. The number of benzene rings is 1. The molecule has 2 aliphatic rings. The van der Waals surface area contributed by atoms with E-state index >= 15 is 0 Å². The lowest BCUT2D eigenvalue weighted by atomic mass is 10.1. The van der Waals surface area contributed by atoms with Crippen molar-refractivity contribution >= 4 is 29.0 Å². The van der Waals surface area contributed by atoms with Gasteiger partial charge >= 0.3 is 0 Å². The van der Waals surface area contributed by atoms with Crippen LogP contribution in [0.2, 0.25) is 0 Å². The molecule has 1 aromatic rings. The third-order valence-electron chi connectivity index (χ3n) is 3.71. The molecule has 18 heavy (non-hydrogen) atoms. The van der Waals surface area contributed by atoms with E-state index in [0.717, 1.165) is 23.4 Å². The van der Waals surface area contributed by atoms with Crippen LogP contribution in [-0.4, -0.2) is 29.9 Å². The first-order valence-electron chi connectivity index (χ1n) is 6.07. The van der Waals surface area contributed by atoms with Gasteiger partial charge in [0, 0.05) is 22.5 Å². The average molecular weight is 264 g/mol. The van der Waals surface area contributed by atoms with Crippen molar-refractivity contribution in [1.82, 2.24) is 0 Å². The summed E-state index contributed by atoms with van der Waals surface area (Å²) in [6.07, 6.45) is 2.00. The molecule has 3 N–H and O–H groups in total. The highest BCUT2D eigenvalue weighted by molar-refractivity contribution is 8.00. The standard InChI is InChI=1S/C13H16N2O2S/c14-9-1-2-11-10(5-9)15(12(17)6-18-11)7-13(8-16)3-4-13/h1-2,5,16H,3-4,6-8,14H2. The maximum absolute atomic E-state index is 12.1. The molecule has 5 heteroatoms. The fourth-order valence-electron chi connectivity index (χ4n) is 2.27. The number of carbonyl (C=O) groups is 1. The monoisotopic (exact) mass is 264 g/mol. The minimum atomic E-state index is -0.0699. The van der Waals surface area contributed by atoms with E-state index in [1.165, 1.54) is 0 Å². The Kier molecular flexibility index (Phi) is 2.75. The Labute approximate surface area is 110 Å². The maximum Gasteiger partial charge on any atom is 0.237 e. The van der Waals surface area contributed by atoms with Gasteiger partial charge in [0.1, 0.15) is 0 Å². The second-order valence-electron chi connectivity index (χ2n) is 5.15. The molecule has 1 fully saturated rings. The first kappa shape index (κ1) is 11.9. The number of nitrogens with zero attached hydrogens (tertiary/aromatic N) is 1. The fraction of sp³-hybridized carbons (Fsp3) is 0.462. The number of anilines is 2. The van der Waals surface area contributed by atoms with E-state index in [4.69, 9.17) is 5.73 Å².